The van der Waals surface area contributed by atoms with E-state index < -0.39 is 0 Å². The molecule has 0 bridgehead atoms. The van der Waals surface area contributed by atoms with Gasteiger partial charge in [-0.1, -0.05) is 6.07 Å². The molecule has 1 aromatic carbocycles. The predicted octanol–water partition coefficient (Wildman–Crippen LogP) is 2.71. The molecule has 7 nitrogen and oxygen atoms in total. The van der Waals surface area contributed by atoms with Gasteiger partial charge in [-0.05, 0) is 38.0 Å². The quantitative estimate of drug-likeness (QED) is 0.826. The van der Waals surface area contributed by atoms with E-state index in [1.54, 1.807) is 40.3 Å². The third-order valence-electron chi connectivity index (χ3n) is 4.87. The maximum Gasteiger partial charge on any atom is 0.275 e. The summed E-state index contributed by atoms with van der Waals surface area (Å²) in [6.07, 6.45) is 1.51. The normalized spacial score (nSPS) is 14.9. The highest BCUT2D eigenvalue weighted by atomic mass is 16.5. The number of carbonyl (C=O) groups excluding carboxylic acids is 2. The minimum absolute atomic E-state index is 0.000547. The van der Waals surface area contributed by atoms with Gasteiger partial charge in [0.1, 0.15) is 11.5 Å². The summed E-state index contributed by atoms with van der Waals surface area (Å²) < 4.78 is 11.0. The molecule has 1 aliphatic heterocycles. The van der Waals surface area contributed by atoms with Crippen LogP contribution in [-0.4, -0.2) is 60.9 Å². The Morgan fingerprint density at radius 1 is 1.26 bits per heavy atom. The number of ether oxygens (including phenoxy) is 1. The summed E-state index contributed by atoms with van der Waals surface area (Å²) >= 11 is 0. The summed E-state index contributed by atoms with van der Waals surface area (Å²) in [7, 11) is 4.97. The van der Waals surface area contributed by atoms with E-state index >= 15 is 0 Å². The highest BCUT2D eigenvalue weighted by Crippen LogP contribution is 2.30. The van der Waals surface area contributed by atoms with E-state index in [4.69, 9.17) is 9.15 Å². The molecule has 0 atom stereocenters. The van der Waals surface area contributed by atoms with Gasteiger partial charge in [-0.25, -0.2) is 4.98 Å². The minimum atomic E-state index is -0.159. The van der Waals surface area contributed by atoms with E-state index in [1.165, 1.54) is 4.90 Å². The lowest BCUT2D eigenvalue weighted by molar-refractivity contribution is 0.0705. The number of rotatable bonds is 4. The van der Waals surface area contributed by atoms with Crippen molar-refractivity contribution < 1.29 is 18.7 Å². The fraction of sp³-hybridized carbons (Fsp3) is 0.450. The molecular weight excluding hydrogens is 346 g/mol. The summed E-state index contributed by atoms with van der Waals surface area (Å²) in [5.74, 6) is 1.75. The summed E-state index contributed by atoms with van der Waals surface area (Å²) in [6.45, 7) is 3.01. The van der Waals surface area contributed by atoms with E-state index in [0.29, 0.717) is 41.7 Å². The van der Waals surface area contributed by atoms with Gasteiger partial charge in [0, 0.05) is 38.7 Å². The van der Waals surface area contributed by atoms with Crippen molar-refractivity contribution >= 4 is 11.8 Å². The molecule has 27 heavy (non-hydrogen) atoms. The fourth-order valence-corrected chi connectivity index (χ4v) is 3.27. The summed E-state index contributed by atoms with van der Waals surface area (Å²) in [5.41, 5.74) is 0.989. The number of hydrogen-bond donors (Lipinski definition) is 0. The molecule has 1 aliphatic rings. The molecule has 0 N–H and O–H groups in total. The molecule has 0 aliphatic carbocycles. The van der Waals surface area contributed by atoms with Gasteiger partial charge in [-0.3, -0.25) is 9.59 Å². The Labute approximate surface area is 158 Å². The predicted molar refractivity (Wildman–Crippen MR) is 100 cm³/mol. The van der Waals surface area contributed by atoms with Crippen molar-refractivity contribution in [3.05, 3.63) is 47.2 Å². The van der Waals surface area contributed by atoms with E-state index in [2.05, 4.69) is 4.98 Å². The second-order valence-electron chi connectivity index (χ2n) is 6.95. The van der Waals surface area contributed by atoms with Gasteiger partial charge in [0.2, 0.25) is 0 Å². The standard InChI is InChI=1S/C20H25N3O4/c1-13-17(20(25)22(2)3)21-18(27-13)14-8-10-23(11-9-14)19(24)15-6-5-7-16(12-15)26-4/h5-7,12,14H,8-11H2,1-4H3. The van der Waals surface area contributed by atoms with Crippen LogP contribution in [0, 0.1) is 6.92 Å². The smallest absolute Gasteiger partial charge is 0.275 e. The first-order valence-electron chi connectivity index (χ1n) is 9.03. The van der Waals surface area contributed by atoms with Crippen molar-refractivity contribution in [2.24, 2.45) is 0 Å². The average molecular weight is 371 g/mol. The second kappa shape index (κ2) is 7.82. The van der Waals surface area contributed by atoms with Crippen LogP contribution in [0.4, 0.5) is 0 Å². The van der Waals surface area contributed by atoms with Crippen LogP contribution in [0.25, 0.3) is 0 Å². The van der Waals surface area contributed by atoms with Crippen LogP contribution >= 0.6 is 0 Å². The van der Waals surface area contributed by atoms with Gasteiger partial charge in [0.25, 0.3) is 11.8 Å². The molecule has 1 fully saturated rings. The Kier molecular flexibility index (Phi) is 5.48. The van der Waals surface area contributed by atoms with Crippen LogP contribution in [0.2, 0.25) is 0 Å². The molecule has 2 aromatic rings. The van der Waals surface area contributed by atoms with Gasteiger partial charge < -0.3 is 19.0 Å². The lowest BCUT2D eigenvalue weighted by atomic mass is 9.96. The van der Waals surface area contributed by atoms with Crippen molar-refractivity contribution in [3.63, 3.8) is 0 Å². The van der Waals surface area contributed by atoms with Crippen molar-refractivity contribution in [2.75, 3.05) is 34.3 Å². The van der Waals surface area contributed by atoms with Crippen molar-refractivity contribution in [2.45, 2.75) is 25.7 Å². The van der Waals surface area contributed by atoms with E-state index in [9.17, 15) is 9.59 Å². The molecular formula is C20H25N3O4. The highest BCUT2D eigenvalue weighted by Gasteiger charge is 2.29. The van der Waals surface area contributed by atoms with Crippen LogP contribution in [-0.2, 0) is 0 Å². The number of carbonyl (C=O) groups is 2. The summed E-state index contributed by atoms with van der Waals surface area (Å²) in [6, 6.07) is 7.19. The van der Waals surface area contributed by atoms with Crippen LogP contribution in [0.5, 0.6) is 5.75 Å². The molecule has 0 unspecified atom stereocenters. The summed E-state index contributed by atoms with van der Waals surface area (Å²) in [5, 5.41) is 0. The molecule has 2 amide bonds. The lowest BCUT2D eigenvalue weighted by Gasteiger charge is -2.30. The third kappa shape index (κ3) is 3.97. The van der Waals surface area contributed by atoms with E-state index in [0.717, 1.165) is 12.8 Å². The van der Waals surface area contributed by atoms with Crippen molar-refractivity contribution in [3.8, 4) is 5.75 Å². The maximum atomic E-state index is 12.7. The SMILES string of the molecule is COc1cccc(C(=O)N2CCC(c3nc(C(=O)N(C)C)c(C)o3)CC2)c1. The first kappa shape index (κ1) is 18.9. The molecule has 1 saturated heterocycles. The Morgan fingerprint density at radius 3 is 2.59 bits per heavy atom. The number of amides is 2. The van der Waals surface area contributed by atoms with Gasteiger partial charge in [-0.2, -0.15) is 0 Å². The Balaban J connectivity index is 1.66. The van der Waals surface area contributed by atoms with Crippen molar-refractivity contribution in [1.29, 1.82) is 0 Å². The fourth-order valence-electron chi connectivity index (χ4n) is 3.27. The Hall–Kier alpha value is -2.83. The number of methoxy groups -OCH3 is 1. The van der Waals surface area contributed by atoms with Crippen molar-refractivity contribution in [1.82, 2.24) is 14.8 Å². The number of nitrogens with zero attached hydrogens (tertiary/aromatic N) is 3. The Bertz CT molecular complexity index is 836. The van der Waals surface area contributed by atoms with Crippen LogP contribution < -0.4 is 4.74 Å². The number of benzene rings is 1. The molecule has 3 rings (SSSR count). The van der Waals surface area contributed by atoms with E-state index in [-0.39, 0.29) is 17.7 Å². The molecule has 144 valence electrons. The zero-order valence-corrected chi connectivity index (χ0v) is 16.2. The van der Waals surface area contributed by atoms with Crippen LogP contribution in [0.3, 0.4) is 0 Å². The minimum Gasteiger partial charge on any atom is -0.497 e. The number of aromatic nitrogens is 1. The monoisotopic (exact) mass is 371 g/mol. The number of likely N-dealkylation sites (tertiary alicyclic amines) is 1. The second-order valence-corrected chi connectivity index (χ2v) is 6.95. The topological polar surface area (TPSA) is 75.9 Å². The first-order chi connectivity index (χ1) is 12.9. The zero-order valence-electron chi connectivity index (χ0n) is 16.2. The number of piperidine rings is 1. The lowest BCUT2D eigenvalue weighted by Crippen LogP contribution is -2.38. The zero-order chi connectivity index (χ0) is 19.6. The van der Waals surface area contributed by atoms with Crippen LogP contribution in [0.15, 0.2) is 28.7 Å². The molecule has 0 spiro atoms. The molecule has 0 saturated carbocycles. The van der Waals surface area contributed by atoms with Crippen LogP contribution in [0.1, 0.15) is 51.3 Å². The third-order valence-corrected chi connectivity index (χ3v) is 4.87. The first-order valence-corrected chi connectivity index (χ1v) is 9.03. The average Bonchev–Trinajstić information content (AvgIpc) is 3.08. The highest BCUT2D eigenvalue weighted by molar-refractivity contribution is 5.94. The van der Waals surface area contributed by atoms with Gasteiger partial charge in [0.05, 0.1) is 7.11 Å². The van der Waals surface area contributed by atoms with Gasteiger partial charge in [0.15, 0.2) is 11.6 Å². The van der Waals surface area contributed by atoms with Gasteiger partial charge >= 0.3 is 0 Å². The number of hydrogen-bond acceptors (Lipinski definition) is 5. The largest absolute Gasteiger partial charge is 0.497 e. The maximum absolute atomic E-state index is 12.7. The molecule has 1 aromatic heterocycles. The molecule has 7 heteroatoms. The van der Waals surface area contributed by atoms with E-state index in [1.807, 2.05) is 17.0 Å². The molecule has 0 radical (unpaired) electrons. The Morgan fingerprint density at radius 2 is 1.96 bits per heavy atom. The molecule has 2 heterocycles. The summed E-state index contributed by atoms with van der Waals surface area (Å²) in [4.78, 5) is 32.6. The number of aryl methyl sites for hydroxylation is 1. The number of oxazole rings is 1. The van der Waals surface area contributed by atoms with Gasteiger partial charge in [-0.15, -0.1) is 0 Å².